The van der Waals surface area contributed by atoms with Gasteiger partial charge in [-0.3, -0.25) is 9.78 Å². The Labute approximate surface area is 138 Å². The Morgan fingerprint density at radius 2 is 1.96 bits per heavy atom. The molecule has 4 rings (SSSR count). The van der Waals surface area contributed by atoms with Gasteiger partial charge in [-0.2, -0.15) is 0 Å². The molecule has 120 valence electrons. The van der Waals surface area contributed by atoms with E-state index in [2.05, 4.69) is 4.98 Å². The van der Waals surface area contributed by atoms with Gasteiger partial charge in [-0.15, -0.1) is 0 Å². The van der Waals surface area contributed by atoms with Gasteiger partial charge < -0.3 is 10.0 Å². The zero-order valence-corrected chi connectivity index (χ0v) is 13.1. The molecule has 0 fully saturated rings. The van der Waals surface area contributed by atoms with Crippen LogP contribution in [0.5, 0.6) is 5.75 Å². The van der Waals surface area contributed by atoms with E-state index in [0.29, 0.717) is 24.0 Å². The summed E-state index contributed by atoms with van der Waals surface area (Å²) in [5.41, 5.74) is 3.54. The smallest absolute Gasteiger partial charge is 0.258 e. The Morgan fingerprint density at radius 1 is 1.21 bits per heavy atom. The molecule has 24 heavy (non-hydrogen) atoms. The SMILES string of the molecule is CN1Cc2cc3cc(Cc4ccc(F)cc4)cnc3c(O)c2C1=O. The molecule has 1 aromatic heterocycles. The van der Waals surface area contributed by atoms with Crippen molar-refractivity contribution in [2.24, 2.45) is 0 Å². The first kappa shape index (κ1) is 14.6. The Hall–Kier alpha value is -2.95. The molecule has 3 aromatic rings. The molecule has 2 aromatic carbocycles. The molecular weight excluding hydrogens is 307 g/mol. The van der Waals surface area contributed by atoms with Crippen LogP contribution in [0.15, 0.2) is 42.6 Å². The summed E-state index contributed by atoms with van der Waals surface area (Å²) in [6.07, 6.45) is 2.31. The normalized spacial score (nSPS) is 13.6. The molecule has 2 heterocycles. The van der Waals surface area contributed by atoms with Crippen LogP contribution in [0.1, 0.15) is 27.0 Å². The number of hydrogen-bond donors (Lipinski definition) is 1. The van der Waals surface area contributed by atoms with Crippen molar-refractivity contribution in [3.05, 3.63) is 70.7 Å². The van der Waals surface area contributed by atoms with Crippen LogP contribution in [0.2, 0.25) is 0 Å². The maximum Gasteiger partial charge on any atom is 0.258 e. The number of phenolic OH excluding ortho intramolecular Hbond substituents is 1. The average Bonchev–Trinajstić information content (AvgIpc) is 2.84. The fourth-order valence-electron chi connectivity index (χ4n) is 3.18. The zero-order chi connectivity index (χ0) is 16.8. The highest BCUT2D eigenvalue weighted by molar-refractivity contribution is 6.06. The van der Waals surface area contributed by atoms with Crippen LogP contribution in [-0.4, -0.2) is 27.9 Å². The molecule has 0 atom stereocenters. The largest absolute Gasteiger partial charge is 0.505 e. The van der Waals surface area contributed by atoms with Gasteiger partial charge in [0.25, 0.3) is 5.91 Å². The van der Waals surface area contributed by atoms with Crippen LogP contribution < -0.4 is 0 Å². The molecule has 4 nitrogen and oxygen atoms in total. The fraction of sp³-hybridized carbons (Fsp3) is 0.158. The van der Waals surface area contributed by atoms with Gasteiger partial charge >= 0.3 is 0 Å². The second-order valence-electron chi connectivity index (χ2n) is 6.14. The van der Waals surface area contributed by atoms with Crippen LogP contribution in [0.3, 0.4) is 0 Å². The second kappa shape index (κ2) is 5.30. The number of benzene rings is 2. The minimum Gasteiger partial charge on any atom is -0.505 e. The minimum absolute atomic E-state index is 0.0508. The van der Waals surface area contributed by atoms with Crippen LogP contribution >= 0.6 is 0 Å². The van der Waals surface area contributed by atoms with Crippen molar-refractivity contribution in [3.63, 3.8) is 0 Å². The molecule has 0 radical (unpaired) electrons. The molecule has 0 spiro atoms. The summed E-state index contributed by atoms with van der Waals surface area (Å²) >= 11 is 0. The molecular formula is C19H15FN2O2. The molecule has 1 N–H and O–H groups in total. The van der Waals surface area contributed by atoms with E-state index in [1.54, 1.807) is 30.3 Å². The average molecular weight is 322 g/mol. The monoisotopic (exact) mass is 322 g/mol. The Balaban J connectivity index is 1.76. The second-order valence-corrected chi connectivity index (χ2v) is 6.14. The third-order valence-electron chi connectivity index (χ3n) is 4.38. The van der Waals surface area contributed by atoms with Gasteiger partial charge in [0.15, 0.2) is 5.75 Å². The van der Waals surface area contributed by atoms with E-state index in [4.69, 9.17) is 0 Å². The summed E-state index contributed by atoms with van der Waals surface area (Å²) in [6, 6.07) is 10.2. The van der Waals surface area contributed by atoms with Gasteiger partial charge in [0.2, 0.25) is 0 Å². The van der Waals surface area contributed by atoms with Crippen LogP contribution in [0, 0.1) is 5.82 Å². The van der Waals surface area contributed by atoms with Crippen LogP contribution in [-0.2, 0) is 13.0 Å². The predicted molar refractivity (Wildman–Crippen MR) is 88.4 cm³/mol. The Bertz CT molecular complexity index is 967. The number of rotatable bonds is 2. The van der Waals surface area contributed by atoms with Crippen LogP contribution in [0.25, 0.3) is 10.9 Å². The number of amides is 1. The lowest BCUT2D eigenvalue weighted by molar-refractivity contribution is 0.0814. The highest BCUT2D eigenvalue weighted by Crippen LogP contribution is 2.35. The number of carbonyl (C=O) groups excluding carboxylic acids is 1. The number of hydrogen-bond acceptors (Lipinski definition) is 3. The predicted octanol–water partition coefficient (Wildman–Crippen LogP) is 3.26. The summed E-state index contributed by atoms with van der Waals surface area (Å²) in [7, 11) is 1.71. The topological polar surface area (TPSA) is 53.4 Å². The first-order valence-electron chi connectivity index (χ1n) is 7.66. The van der Waals surface area contributed by atoms with Gasteiger partial charge in [0.05, 0.1) is 5.56 Å². The molecule has 1 aliphatic heterocycles. The first-order valence-corrected chi connectivity index (χ1v) is 7.66. The molecule has 1 aliphatic rings. The molecule has 0 unspecified atom stereocenters. The summed E-state index contributed by atoms with van der Waals surface area (Å²) < 4.78 is 13.0. The number of pyridine rings is 1. The summed E-state index contributed by atoms with van der Waals surface area (Å²) in [4.78, 5) is 18.0. The molecule has 0 saturated carbocycles. The Kier molecular flexibility index (Phi) is 3.23. The van der Waals surface area contributed by atoms with Gasteiger partial charge in [-0.05, 0) is 47.4 Å². The van der Waals surface area contributed by atoms with Crippen molar-refractivity contribution < 1.29 is 14.3 Å². The maximum atomic E-state index is 13.0. The van der Waals surface area contributed by atoms with E-state index < -0.39 is 0 Å². The fourth-order valence-corrected chi connectivity index (χ4v) is 3.18. The lowest BCUT2D eigenvalue weighted by atomic mass is 10.0. The number of aromatic nitrogens is 1. The summed E-state index contributed by atoms with van der Waals surface area (Å²) in [5.74, 6) is -0.489. The standard InChI is InChI=1S/C19H15FN2O2/c1-22-10-14-8-13-7-12(6-11-2-4-15(20)5-3-11)9-21-17(13)18(23)16(14)19(22)24/h2-5,7-9,23H,6,10H2,1H3. The summed E-state index contributed by atoms with van der Waals surface area (Å²) in [5, 5.41) is 11.2. The van der Waals surface area contributed by atoms with Gasteiger partial charge in [0, 0.05) is 25.2 Å². The highest BCUT2D eigenvalue weighted by Gasteiger charge is 2.29. The van der Waals surface area contributed by atoms with Crippen molar-refractivity contribution >= 4 is 16.8 Å². The van der Waals surface area contributed by atoms with E-state index in [0.717, 1.165) is 22.1 Å². The van der Waals surface area contributed by atoms with E-state index in [1.807, 2.05) is 12.1 Å². The molecule has 5 heteroatoms. The third kappa shape index (κ3) is 2.29. The number of halogens is 1. The van der Waals surface area contributed by atoms with Crippen molar-refractivity contribution in [1.29, 1.82) is 0 Å². The van der Waals surface area contributed by atoms with E-state index in [9.17, 15) is 14.3 Å². The molecule has 0 saturated heterocycles. The lowest BCUT2D eigenvalue weighted by Crippen LogP contribution is -2.17. The zero-order valence-electron chi connectivity index (χ0n) is 13.1. The summed E-state index contributed by atoms with van der Waals surface area (Å²) in [6.45, 7) is 0.486. The van der Waals surface area contributed by atoms with Gasteiger partial charge in [-0.1, -0.05) is 12.1 Å². The number of phenols is 1. The molecule has 0 bridgehead atoms. The number of aromatic hydroxyl groups is 1. The Morgan fingerprint density at radius 3 is 2.71 bits per heavy atom. The molecule has 1 amide bonds. The van der Waals surface area contributed by atoms with Crippen molar-refractivity contribution in [2.45, 2.75) is 13.0 Å². The van der Waals surface area contributed by atoms with E-state index in [1.165, 1.54) is 12.1 Å². The maximum absolute atomic E-state index is 13.0. The lowest BCUT2D eigenvalue weighted by Gasteiger charge is -2.08. The highest BCUT2D eigenvalue weighted by atomic mass is 19.1. The van der Waals surface area contributed by atoms with Gasteiger partial charge in [0.1, 0.15) is 11.3 Å². The number of fused-ring (bicyclic) bond motifs is 2. The number of carbonyl (C=O) groups is 1. The van der Waals surface area contributed by atoms with Crippen molar-refractivity contribution in [1.82, 2.24) is 9.88 Å². The molecule has 0 aliphatic carbocycles. The van der Waals surface area contributed by atoms with Gasteiger partial charge in [-0.25, -0.2) is 4.39 Å². The van der Waals surface area contributed by atoms with E-state index in [-0.39, 0.29) is 17.5 Å². The van der Waals surface area contributed by atoms with E-state index >= 15 is 0 Å². The van der Waals surface area contributed by atoms with Crippen molar-refractivity contribution in [3.8, 4) is 5.75 Å². The first-order chi connectivity index (χ1) is 11.5. The number of nitrogens with zero attached hydrogens (tertiary/aromatic N) is 2. The minimum atomic E-state index is -0.260. The van der Waals surface area contributed by atoms with Crippen molar-refractivity contribution in [2.75, 3.05) is 7.05 Å². The van der Waals surface area contributed by atoms with Crippen LogP contribution in [0.4, 0.5) is 4.39 Å². The quantitative estimate of drug-likeness (QED) is 0.788. The third-order valence-corrected chi connectivity index (χ3v) is 4.38.